The van der Waals surface area contributed by atoms with E-state index in [4.69, 9.17) is 21.3 Å². The summed E-state index contributed by atoms with van der Waals surface area (Å²) in [5.74, 6) is 2.90. The van der Waals surface area contributed by atoms with Gasteiger partial charge in [0.15, 0.2) is 0 Å². The number of rotatable bonds is 9. The summed E-state index contributed by atoms with van der Waals surface area (Å²) < 4.78 is 8.07. The lowest BCUT2D eigenvalue weighted by Gasteiger charge is -2.11. The predicted octanol–water partition coefficient (Wildman–Crippen LogP) is 6.68. The van der Waals surface area contributed by atoms with E-state index in [9.17, 15) is 4.79 Å². The second-order valence-corrected chi connectivity index (χ2v) is 9.86. The fourth-order valence-electron chi connectivity index (χ4n) is 3.82. The molecule has 0 atom stereocenters. The quantitative estimate of drug-likeness (QED) is 0.277. The fourth-order valence-corrected chi connectivity index (χ4v) is 3.94. The Balaban J connectivity index is 1.55. The zero-order valence-electron chi connectivity index (χ0n) is 21.0. The molecule has 36 heavy (non-hydrogen) atoms. The predicted molar refractivity (Wildman–Crippen MR) is 146 cm³/mol. The molecule has 0 unspecified atom stereocenters. The van der Waals surface area contributed by atoms with Crippen molar-refractivity contribution in [3.05, 3.63) is 89.8 Å². The molecule has 0 aliphatic rings. The van der Waals surface area contributed by atoms with E-state index in [1.165, 1.54) is 0 Å². The van der Waals surface area contributed by atoms with Crippen molar-refractivity contribution >= 4 is 23.2 Å². The van der Waals surface area contributed by atoms with Gasteiger partial charge in [0.25, 0.3) is 0 Å². The normalized spacial score (nSPS) is 11.2. The summed E-state index contributed by atoms with van der Waals surface area (Å²) in [6.07, 6.45) is 2.91. The van der Waals surface area contributed by atoms with Crippen molar-refractivity contribution in [1.29, 1.82) is 0 Å². The Morgan fingerprint density at radius 2 is 1.58 bits per heavy atom. The molecule has 0 saturated heterocycles. The van der Waals surface area contributed by atoms with Crippen molar-refractivity contribution in [2.45, 2.75) is 20.3 Å². The van der Waals surface area contributed by atoms with E-state index in [0.717, 1.165) is 46.4 Å². The Labute approximate surface area is 217 Å². The lowest BCUT2D eigenvalue weighted by Crippen LogP contribution is -2.27. The maximum atomic E-state index is 12.0. The minimum Gasteiger partial charge on any atom is -0.457 e. The maximum Gasteiger partial charge on any atom is 0.238 e. The van der Waals surface area contributed by atoms with Gasteiger partial charge in [0, 0.05) is 34.6 Å². The van der Waals surface area contributed by atoms with E-state index in [1.54, 1.807) is 12.1 Å². The van der Waals surface area contributed by atoms with Crippen LogP contribution in [0.3, 0.4) is 0 Å². The first-order valence-corrected chi connectivity index (χ1v) is 12.3. The zero-order chi connectivity index (χ0) is 25.7. The summed E-state index contributed by atoms with van der Waals surface area (Å²) in [6, 6.07) is 23.1. The second-order valence-electron chi connectivity index (χ2n) is 9.42. The Bertz CT molecular complexity index is 1290. The molecule has 0 spiro atoms. The molecular formula is C29H31ClN4O2. The number of likely N-dealkylation sites (N-methyl/N-ethyl adjacent to an activating group) is 1. The first kappa shape index (κ1) is 25.5. The van der Waals surface area contributed by atoms with Gasteiger partial charge in [0.05, 0.1) is 12.2 Å². The van der Waals surface area contributed by atoms with Crippen LogP contribution in [0.5, 0.6) is 11.5 Å². The molecule has 0 bridgehead atoms. The number of carbonyl (C=O) groups is 1. The summed E-state index contributed by atoms with van der Waals surface area (Å²) in [7, 11) is 3.74. The van der Waals surface area contributed by atoms with E-state index < -0.39 is 0 Å². The van der Waals surface area contributed by atoms with E-state index in [2.05, 4.69) is 29.9 Å². The van der Waals surface area contributed by atoms with Crippen LogP contribution in [0, 0.1) is 5.92 Å². The highest BCUT2D eigenvalue weighted by atomic mass is 35.5. The van der Waals surface area contributed by atoms with Gasteiger partial charge in [0.2, 0.25) is 5.91 Å². The number of ether oxygens (including phenoxy) is 1. The van der Waals surface area contributed by atoms with Crippen LogP contribution in [0.15, 0.2) is 79.0 Å². The number of hydrogen-bond donors (Lipinski definition) is 1. The van der Waals surface area contributed by atoms with Crippen LogP contribution in [0.2, 0.25) is 5.02 Å². The van der Waals surface area contributed by atoms with Crippen LogP contribution in [0.1, 0.15) is 19.7 Å². The first-order valence-electron chi connectivity index (χ1n) is 11.9. The van der Waals surface area contributed by atoms with Crippen LogP contribution in [-0.2, 0) is 11.2 Å². The number of nitrogens with one attached hydrogen (secondary N) is 1. The third-order valence-electron chi connectivity index (χ3n) is 5.46. The van der Waals surface area contributed by atoms with Crippen molar-refractivity contribution in [1.82, 2.24) is 14.5 Å². The monoisotopic (exact) mass is 502 g/mol. The topological polar surface area (TPSA) is 59.4 Å². The molecule has 0 saturated carbocycles. The molecular weight excluding hydrogens is 472 g/mol. The summed E-state index contributed by atoms with van der Waals surface area (Å²) in [5, 5.41) is 3.60. The minimum atomic E-state index is -0.0419. The summed E-state index contributed by atoms with van der Waals surface area (Å²) in [6.45, 7) is 4.72. The smallest absolute Gasteiger partial charge is 0.238 e. The number of aromatic nitrogens is 2. The number of benzene rings is 3. The highest BCUT2D eigenvalue weighted by Gasteiger charge is 2.13. The number of hydrogen-bond acceptors (Lipinski definition) is 4. The van der Waals surface area contributed by atoms with Crippen LogP contribution in [-0.4, -0.2) is 41.0 Å². The standard InChI is InChI=1S/C29H31ClN4O2/c1-20(2)17-28-32-27(21-5-9-23(10-6-21)31-29(35)19-33(3)4)18-34(28)24-11-15-26(16-12-24)36-25-13-7-22(30)8-14-25/h5-16,18,20H,17,19H2,1-4H3,(H,31,35). The third-order valence-corrected chi connectivity index (χ3v) is 5.71. The maximum absolute atomic E-state index is 12.0. The molecule has 1 heterocycles. The van der Waals surface area contributed by atoms with Crippen LogP contribution in [0.25, 0.3) is 16.9 Å². The van der Waals surface area contributed by atoms with Gasteiger partial charge in [-0.2, -0.15) is 0 Å². The van der Waals surface area contributed by atoms with Crippen molar-refractivity contribution < 1.29 is 9.53 Å². The second kappa shape index (κ2) is 11.4. The molecule has 186 valence electrons. The number of carbonyl (C=O) groups excluding carboxylic acids is 1. The van der Waals surface area contributed by atoms with Crippen LogP contribution < -0.4 is 10.1 Å². The van der Waals surface area contributed by atoms with Crippen molar-refractivity contribution in [3.8, 4) is 28.4 Å². The average molecular weight is 503 g/mol. The van der Waals surface area contributed by atoms with Crippen LogP contribution >= 0.6 is 11.6 Å². The number of nitrogens with zero attached hydrogens (tertiary/aromatic N) is 3. The van der Waals surface area contributed by atoms with Gasteiger partial charge in [-0.05, 0) is 80.7 Å². The SMILES string of the molecule is CC(C)Cc1nc(-c2ccc(NC(=O)CN(C)C)cc2)cn1-c1ccc(Oc2ccc(Cl)cc2)cc1. The van der Waals surface area contributed by atoms with Gasteiger partial charge < -0.3 is 19.5 Å². The Hall–Kier alpha value is -3.61. The van der Waals surface area contributed by atoms with Gasteiger partial charge in [-0.3, -0.25) is 4.79 Å². The van der Waals surface area contributed by atoms with Gasteiger partial charge in [-0.1, -0.05) is 37.6 Å². The Kier molecular flexibility index (Phi) is 8.08. The highest BCUT2D eigenvalue weighted by molar-refractivity contribution is 6.30. The van der Waals surface area contributed by atoms with E-state index in [1.807, 2.05) is 79.7 Å². The molecule has 1 amide bonds. The number of imidazole rings is 1. The molecule has 1 N–H and O–H groups in total. The van der Waals surface area contributed by atoms with Gasteiger partial charge in [-0.15, -0.1) is 0 Å². The van der Waals surface area contributed by atoms with E-state index in [-0.39, 0.29) is 5.91 Å². The fraction of sp³-hybridized carbons (Fsp3) is 0.241. The van der Waals surface area contributed by atoms with Gasteiger partial charge >= 0.3 is 0 Å². The largest absolute Gasteiger partial charge is 0.457 e. The van der Waals surface area contributed by atoms with E-state index in [0.29, 0.717) is 17.5 Å². The first-order chi connectivity index (χ1) is 17.3. The zero-order valence-corrected chi connectivity index (χ0v) is 21.8. The Morgan fingerprint density at radius 1 is 0.972 bits per heavy atom. The number of anilines is 1. The molecule has 4 rings (SSSR count). The summed E-state index contributed by atoms with van der Waals surface area (Å²) >= 11 is 5.96. The molecule has 0 fully saturated rings. The van der Waals surface area contributed by atoms with Crippen LogP contribution in [0.4, 0.5) is 5.69 Å². The molecule has 1 aromatic heterocycles. The molecule has 7 heteroatoms. The van der Waals surface area contributed by atoms with Gasteiger partial charge in [0.1, 0.15) is 17.3 Å². The highest BCUT2D eigenvalue weighted by Crippen LogP contribution is 2.27. The molecule has 6 nitrogen and oxygen atoms in total. The molecule has 0 aliphatic carbocycles. The lowest BCUT2D eigenvalue weighted by atomic mass is 10.1. The number of halogens is 1. The van der Waals surface area contributed by atoms with E-state index >= 15 is 0 Å². The summed E-state index contributed by atoms with van der Waals surface area (Å²) in [4.78, 5) is 18.8. The number of amides is 1. The molecule has 3 aromatic carbocycles. The lowest BCUT2D eigenvalue weighted by molar-refractivity contribution is -0.116. The molecule has 0 aliphatic heterocycles. The van der Waals surface area contributed by atoms with Crippen molar-refractivity contribution in [2.75, 3.05) is 26.0 Å². The summed E-state index contributed by atoms with van der Waals surface area (Å²) in [5.41, 5.74) is 3.66. The van der Waals surface area contributed by atoms with Crippen molar-refractivity contribution in [3.63, 3.8) is 0 Å². The molecule has 0 radical (unpaired) electrons. The third kappa shape index (κ3) is 6.74. The van der Waals surface area contributed by atoms with Crippen molar-refractivity contribution in [2.24, 2.45) is 5.92 Å². The molecule has 4 aromatic rings. The minimum absolute atomic E-state index is 0.0419. The van der Waals surface area contributed by atoms with Gasteiger partial charge in [-0.25, -0.2) is 4.98 Å². The Morgan fingerprint density at radius 3 is 2.17 bits per heavy atom. The average Bonchev–Trinajstić information content (AvgIpc) is 3.24.